The average Bonchev–Trinajstić information content (AvgIpc) is 2.99. The second-order valence-electron chi connectivity index (χ2n) is 4.85. The van der Waals surface area contributed by atoms with Gasteiger partial charge in [0.2, 0.25) is 0 Å². The fourth-order valence-electron chi connectivity index (χ4n) is 1.96. The van der Waals surface area contributed by atoms with Gasteiger partial charge in [-0.05, 0) is 12.1 Å². The average molecular weight is 392 g/mol. The lowest BCUT2D eigenvalue weighted by molar-refractivity contribution is -0.143. The Kier molecular flexibility index (Phi) is 6.18. The zero-order valence-corrected chi connectivity index (χ0v) is 13.8. The molecule has 0 radical (unpaired) electrons. The number of para-hydroxylation sites is 1. The lowest BCUT2D eigenvalue weighted by atomic mass is 10.2. The molecule has 0 spiro atoms. The van der Waals surface area contributed by atoms with Gasteiger partial charge in [0.25, 0.3) is 5.91 Å². The Morgan fingerprint density at radius 3 is 2.58 bits per heavy atom. The minimum absolute atomic E-state index is 0.0688. The van der Waals surface area contributed by atoms with E-state index in [0.717, 1.165) is 23.9 Å². The van der Waals surface area contributed by atoms with Crippen LogP contribution >= 0.6 is 11.8 Å². The number of nitrogens with zero attached hydrogens (tertiary/aromatic N) is 3. The van der Waals surface area contributed by atoms with Crippen molar-refractivity contribution in [3.63, 3.8) is 0 Å². The van der Waals surface area contributed by atoms with Crippen LogP contribution in [0, 0.1) is 5.82 Å². The SMILES string of the molecule is O=C(O)CSCCNC(=O)c1nnn(-c2ccccc2F)c1C(F)(F)F. The third-order valence-electron chi connectivity index (χ3n) is 2.99. The third-order valence-corrected chi connectivity index (χ3v) is 3.94. The summed E-state index contributed by atoms with van der Waals surface area (Å²) in [7, 11) is 0. The highest BCUT2D eigenvalue weighted by atomic mass is 32.2. The first-order valence-electron chi connectivity index (χ1n) is 7.07. The number of carbonyl (C=O) groups is 2. The first-order chi connectivity index (χ1) is 12.2. The number of rotatable bonds is 7. The molecule has 1 aromatic carbocycles. The molecule has 26 heavy (non-hydrogen) atoms. The summed E-state index contributed by atoms with van der Waals surface area (Å²) in [5.74, 6) is -3.17. The molecule has 1 amide bonds. The third kappa shape index (κ3) is 4.71. The largest absolute Gasteiger partial charge is 0.481 e. The monoisotopic (exact) mass is 392 g/mol. The van der Waals surface area contributed by atoms with Gasteiger partial charge in [-0.1, -0.05) is 17.3 Å². The molecule has 2 aromatic rings. The van der Waals surface area contributed by atoms with Gasteiger partial charge in [-0.25, -0.2) is 9.07 Å². The highest BCUT2D eigenvalue weighted by molar-refractivity contribution is 7.99. The summed E-state index contributed by atoms with van der Waals surface area (Å²) in [6, 6.07) is 4.64. The maximum atomic E-state index is 13.8. The second kappa shape index (κ2) is 8.17. The maximum absolute atomic E-state index is 13.8. The Labute approximate surface area is 148 Å². The number of nitrogens with one attached hydrogen (secondary N) is 1. The topological polar surface area (TPSA) is 97.1 Å². The van der Waals surface area contributed by atoms with E-state index in [-0.39, 0.29) is 22.7 Å². The predicted molar refractivity (Wildman–Crippen MR) is 83.6 cm³/mol. The summed E-state index contributed by atoms with van der Waals surface area (Å²) >= 11 is 0.985. The van der Waals surface area contributed by atoms with Crippen LogP contribution in [0.25, 0.3) is 5.69 Å². The van der Waals surface area contributed by atoms with Crippen molar-refractivity contribution in [1.29, 1.82) is 0 Å². The lowest BCUT2D eigenvalue weighted by Crippen LogP contribution is -2.29. The number of alkyl halides is 3. The van der Waals surface area contributed by atoms with Crippen LogP contribution in [0.5, 0.6) is 0 Å². The van der Waals surface area contributed by atoms with E-state index < -0.39 is 40.9 Å². The quantitative estimate of drug-likeness (QED) is 0.553. The smallest absolute Gasteiger partial charge is 0.435 e. The lowest BCUT2D eigenvalue weighted by Gasteiger charge is -2.11. The molecule has 140 valence electrons. The van der Waals surface area contributed by atoms with Gasteiger partial charge in [0.05, 0.1) is 5.75 Å². The van der Waals surface area contributed by atoms with E-state index in [9.17, 15) is 27.2 Å². The summed E-state index contributed by atoms with van der Waals surface area (Å²) in [6.45, 7) is -0.0688. The Morgan fingerprint density at radius 1 is 1.27 bits per heavy atom. The molecular weight excluding hydrogens is 380 g/mol. The molecule has 7 nitrogen and oxygen atoms in total. The van der Waals surface area contributed by atoms with E-state index in [4.69, 9.17) is 5.11 Å². The van der Waals surface area contributed by atoms with E-state index >= 15 is 0 Å². The van der Waals surface area contributed by atoms with Crippen LogP contribution in [-0.2, 0) is 11.0 Å². The Balaban J connectivity index is 2.23. The number of hydrogen-bond acceptors (Lipinski definition) is 5. The fourth-order valence-corrected chi connectivity index (χ4v) is 2.53. The molecule has 2 N–H and O–H groups in total. The molecule has 0 bridgehead atoms. The molecule has 0 aliphatic rings. The van der Waals surface area contributed by atoms with E-state index in [1.807, 2.05) is 0 Å². The van der Waals surface area contributed by atoms with Crippen LogP contribution in [0.4, 0.5) is 17.6 Å². The zero-order valence-electron chi connectivity index (χ0n) is 13.0. The van der Waals surface area contributed by atoms with Crippen LogP contribution in [-0.4, -0.2) is 50.0 Å². The van der Waals surface area contributed by atoms with E-state index in [0.29, 0.717) is 0 Å². The summed E-state index contributed by atoms with van der Waals surface area (Å²) < 4.78 is 54.2. The number of aliphatic carboxylic acids is 1. The molecule has 1 aromatic heterocycles. The molecule has 0 saturated carbocycles. The maximum Gasteiger partial charge on any atom is 0.435 e. The number of halogens is 4. The van der Waals surface area contributed by atoms with Crippen molar-refractivity contribution in [1.82, 2.24) is 20.3 Å². The van der Waals surface area contributed by atoms with Crippen molar-refractivity contribution in [2.24, 2.45) is 0 Å². The minimum Gasteiger partial charge on any atom is -0.481 e. The first kappa shape index (κ1) is 19.7. The first-order valence-corrected chi connectivity index (χ1v) is 8.23. The normalized spacial score (nSPS) is 11.4. The highest BCUT2D eigenvalue weighted by Gasteiger charge is 2.42. The number of aromatic nitrogens is 3. The number of hydrogen-bond donors (Lipinski definition) is 2. The number of carboxylic acid groups (broad SMARTS) is 1. The molecule has 0 unspecified atom stereocenters. The minimum atomic E-state index is -5.00. The number of carboxylic acids is 1. The standard InChI is InChI=1S/C14H12F4N4O3S/c15-8-3-1-2-4-9(8)22-12(14(16,17)18)11(20-21-22)13(25)19-5-6-26-7-10(23)24/h1-4H,5-7H2,(H,19,25)(H,23,24). The highest BCUT2D eigenvalue weighted by Crippen LogP contribution is 2.33. The van der Waals surface area contributed by atoms with Gasteiger partial charge >= 0.3 is 12.1 Å². The number of benzene rings is 1. The van der Waals surface area contributed by atoms with Crippen molar-refractivity contribution >= 4 is 23.6 Å². The van der Waals surface area contributed by atoms with Crippen LogP contribution in [0.15, 0.2) is 24.3 Å². The van der Waals surface area contributed by atoms with Crippen molar-refractivity contribution in [2.75, 3.05) is 18.1 Å². The van der Waals surface area contributed by atoms with Crippen LogP contribution < -0.4 is 5.32 Å². The Hall–Kier alpha value is -2.63. The van der Waals surface area contributed by atoms with Crippen molar-refractivity contribution < 1.29 is 32.3 Å². The number of carbonyl (C=O) groups excluding carboxylic acids is 1. The predicted octanol–water partition coefficient (Wildman–Crippen LogP) is 1.97. The molecule has 0 saturated heterocycles. The second-order valence-corrected chi connectivity index (χ2v) is 5.96. The van der Waals surface area contributed by atoms with Gasteiger partial charge in [-0.3, -0.25) is 9.59 Å². The molecular formula is C14H12F4N4O3S. The van der Waals surface area contributed by atoms with Crippen LogP contribution in [0.1, 0.15) is 16.2 Å². The van der Waals surface area contributed by atoms with Crippen LogP contribution in [0.2, 0.25) is 0 Å². The molecule has 0 fully saturated rings. The van der Waals surface area contributed by atoms with Gasteiger partial charge in [-0.2, -0.15) is 13.2 Å². The van der Waals surface area contributed by atoms with E-state index in [2.05, 4.69) is 15.6 Å². The molecule has 0 aliphatic heterocycles. The van der Waals surface area contributed by atoms with Gasteiger partial charge in [0.15, 0.2) is 11.4 Å². The molecule has 12 heteroatoms. The fraction of sp³-hybridized carbons (Fsp3) is 0.286. The molecule has 2 rings (SSSR count). The van der Waals surface area contributed by atoms with Crippen molar-refractivity contribution in [3.05, 3.63) is 41.5 Å². The zero-order chi connectivity index (χ0) is 19.3. The molecule has 0 aliphatic carbocycles. The van der Waals surface area contributed by atoms with Crippen molar-refractivity contribution in [3.8, 4) is 5.69 Å². The molecule has 1 heterocycles. The summed E-state index contributed by atoms with van der Waals surface area (Å²) in [4.78, 5) is 22.3. The summed E-state index contributed by atoms with van der Waals surface area (Å²) in [5.41, 5.74) is -2.99. The summed E-state index contributed by atoms with van der Waals surface area (Å²) in [5, 5.41) is 17.2. The molecule has 0 atom stereocenters. The van der Waals surface area contributed by atoms with E-state index in [1.54, 1.807) is 0 Å². The number of thioether (sulfide) groups is 1. The van der Waals surface area contributed by atoms with E-state index in [1.165, 1.54) is 12.1 Å². The van der Waals surface area contributed by atoms with Gasteiger partial charge in [0, 0.05) is 12.3 Å². The van der Waals surface area contributed by atoms with Gasteiger partial charge in [-0.15, -0.1) is 16.9 Å². The summed E-state index contributed by atoms with van der Waals surface area (Å²) in [6.07, 6.45) is -5.00. The van der Waals surface area contributed by atoms with Crippen LogP contribution in [0.3, 0.4) is 0 Å². The van der Waals surface area contributed by atoms with Gasteiger partial charge in [0.1, 0.15) is 11.5 Å². The van der Waals surface area contributed by atoms with Gasteiger partial charge < -0.3 is 10.4 Å². The van der Waals surface area contributed by atoms with Crippen molar-refractivity contribution in [2.45, 2.75) is 6.18 Å². The Bertz CT molecular complexity index is 810. The Morgan fingerprint density at radius 2 is 1.96 bits per heavy atom. The number of amides is 1.